The van der Waals surface area contributed by atoms with Crippen molar-refractivity contribution in [1.82, 2.24) is 10.2 Å². The van der Waals surface area contributed by atoms with E-state index in [9.17, 15) is 4.79 Å². The topological polar surface area (TPSA) is 64.1 Å². The molecule has 0 aliphatic rings. The minimum absolute atomic E-state index is 0.245. The molecule has 0 bridgehead atoms. The van der Waals surface area contributed by atoms with Crippen LogP contribution in [0.3, 0.4) is 0 Å². The minimum Gasteiger partial charge on any atom is -0.481 e. The quantitative estimate of drug-likeness (QED) is 0.656. The van der Waals surface area contributed by atoms with Gasteiger partial charge < -0.3 is 10.1 Å². The van der Waals surface area contributed by atoms with Crippen molar-refractivity contribution in [2.24, 2.45) is 0 Å². The zero-order chi connectivity index (χ0) is 17.6. The summed E-state index contributed by atoms with van der Waals surface area (Å²) in [4.78, 5) is 13.3. The van der Waals surface area contributed by atoms with Gasteiger partial charge in [0.15, 0.2) is 10.4 Å². The molecule has 1 amide bonds. The largest absolute Gasteiger partial charge is 0.481 e. The second kappa shape index (κ2) is 8.33. The number of rotatable bonds is 6. The van der Waals surface area contributed by atoms with Crippen LogP contribution in [0.15, 0.2) is 63.3 Å². The SMILES string of the molecule is CC(Oc1cccc(Cl)c1)C(=O)Nc1ccccc1Sc1nncs1. The highest BCUT2D eigenvalue weighted by Crippen LogP contribution is 2.34. The maximum absolute atomic E-state index is 12.5. The predicted octanol–water partition coefficient (Wildman–Crippen LogP) is 4.75. The van der Waals surface area contributed by atoms with E-state index in [0.717, 1.165) is 9.24 Å². The Bertz CT molecular complexity index is 859. The number of carbonyl (C=O) groups excluding carboxylic acids is 1. The van der Waals surface area contributed by atoms with Crippen molar-refractivity contribution in [3.8, 4) is 5.75 Å². The molecule has 1 unspecified atom stereocenters. The van der Waals surface area contributed by atoms with E-state index in [-0.39, 0.29) is 5.91 Å². The Morgan fingerprint density at radius 1 is 1.28 bits per heavy atom. The molecule has 0 saturated carbocycles. The molecular formula is C17H14ClN3O2S2. The van der Waals surface area contributed by atoms with E-state index >= 15 is 0 Å². The number of anilines is 1. The molecule has 3 rings (SSSR count). The Morgan fingerprint density at radius 3 is 2.88 bits per heavy atom. The van der Waals surface area contributed by atoms with Gasteiger partial charge in [-0.25, -0.2) is 0 Å². The Kier molecular flexibility index (Phi) is 5.91. The highest BCUT2D eigenvalue weighted by Gasteiger charge is 2.17. The van der Waals surface area contributed by atoms with Gasteiger partial charge in [-0.2, -0.15) is 0 Å². The lowest BCUT2D eigenvalue weighted by Gasteiger charge is -2.16. The highest BCUT2D eigenvalue weighted by atomic mass is 35.5. The third kappa shape index (κ3) is 4.94. The van der Waals surface area contributed by atoms with Gasteiger partial charge in [-0.05, 0) is 37.3 Å². The summed E-state index contributed by atoms with van der Waals surface area (Å²) in [6.45, 7) is 1.69. The monoisotopic (exact) mass is 391 g/mol. The predicted molar refractivity (Wildman–Crippen MR) is 101 cm³/mol. The van der Waals surface area contributed by atoms with E-state index < -0.39 is 6.10 Å². The lowest BCUT2D eigenvalue weighted by Crippen LogP contribution is -2.30. The second-order valence-corrected chi connectivity index (χ2v) is 7.57. The van der Waals surface area contributed by atoms with Crippen LogP contribution in [0.2, 0.25) is 5.02 Å². The van der Waals surface area contributed by atoms with Gasteiger partial charge in [0.1, 0.15) is 11.3 Å². The summed E-state index contributed by atoms with van der Waals surface area (Å²) in [7, 11) is 0. The van der Waals surface area contributed by atoms with Crippen LogP contribution < -0.4 is 10.1 Å². The number of ether oxygens (including phenoxy) is 1. The number of carbonyl (C=O) groups is 1. The molecule has 0 aliphatic heterocycles. The molecule has 0 aliphatic carbocycles. The van der Waals surface area contributed by atoms with Crippen molar-refractivity contribution < 1.29 is 9.53 Å². The van der Waals surface area contributed by atoms with E-state index in [1.165, 1.54) is 23.1 Å². The van der Waals surface area contributed by atoms with E-state index in [0.29, 0.717) is 16.5 Å². The van der Waals surface area contributed by atoms with Crippen LogP contribution in [-0.4, -0.2) is 22.2 Å². The van der Waals surface area contributed by atoms with Crippen molar-refractivity contribution in [2.45, 2.75) is 22.3 Å². The number of para-hydroxylation sites is 1. The summed E-state index contributed by atoms with van der Waals surface area (Å²) >= 11 is 8.83. The summed E-state index contributed by atoms with van der Waals surface area (Å²) in [5.74, 6) is 0.303. The van der Waals surface area contributed by atoms with Crippen molar-refractivity contribution >= 4 is 46.3 Å². The Labute approximate surface area is 158 Å². The van der Waals surface area contributed by atoms with Gasteiger partial charge in [-0.15, -0.1) is 10.2 Å². The van der Waals surface area contributed by atoms with Crippen molar-refractivity contribution in [3.05, 3.63) is 59.1 Å². The molecule has 1 aromatic heterocycles. The second-order valence-electron chi connectivity index (χ2n) is 5.01. The maximum Gasteiger partial charge on any atom is 0.265 e. The first-order chi connectivity index (χ1) is 12.1. The summed E-state index contributed by atoms with van der Waals surface area (Å²) in [6.07, 6.45) is -0.668. The number of halogens is 1. The smallest absolute Gasteiger partial charge is 0.265 e. The number of hydrogen-bond donors (Lipinski definition) is 1. The van der Waals surface area contributed by atoms with Crippen LogP contribution >= 0.6 is 34.7 Å². The number of nitrogens with zero attached hydrogens (tertiary/aromatic N) is 2. The molecule has 3 aromatic rings. The molecule has 2 aromatic carbocycles. The minimum atomic E-state index is -0.668. The van der Waals surface area contributed by atoms with Crippen LogP contribution in [0.25, 0.3) is 0 Å². The van der Waals surface area contributed by atoms with Crippen molar-refractivity contribution in [2.75, 3.05) is 5.32 Å². The molecule has 5 nitrogen and oxygen atoms in total. The average Bonchev–Trinajstić information content (AvgIpc) is 3.09. The van der Waals surface area contributed by atoms with Crippen molar-refractivity contribution in [1.29, 1.82) is 0 Å². The first kappa shape index (κ1) is 17.7. The summed E-state index contributed by atoms with van der Waals surface area (Å²) < 4.78 is 6.46. The molecule has 0 radical (unpaired) electrons. The Balaban J connectivity index is 1.68. The van der Waals surface area contributed by atoms with Gasteiger partial charge in [-0.3, -0.25) is 4.79 Å². The number of hydrogen-bond acceptors (Lipinski definition) is 6. The molecule has 0 spiro atoms. The molecule has 25 heavy (non-hydrogen) atoms. The number of amides is 1. The Hall–Kier alpha value is -2.09. The molecular weight excluding hydrogens is 378 g/mol. The zero-order valence-electron chi connectivity index (χ0n) is 13.2. The van der Waals surface area contributed by atoms with Crippen LogP contribution in [0.5, 0.6) is 5.75 Å². The van der Waals surface area contributed by atoms with Gasteiger partial charge in [0.25, 0.3) is 5.91 Å². The van der Waals surface area contributed by atoms with Crippen LogP contribution in [0, 0.1) is 0 Å². The molecule has 0 saturated heterocycles. The van der Waals surface area contributed by atoms with Crippen molar-refractivity contribution in [3.63, 3.8) is 0 Å². The highest BCUT2D eigenvalue weighted by molar-refractivity contribution is 8.01. The number of nitrogens with one attached hydrogen (secondary N) is 1. The normalized spacial score (nSPS) is 11.8. The summed E-state index contributed by atoms with van der Waals surface area (Å²) in [5.41, 5.74) is 2.37. The van der Waals surface area contributed by atoms with E-state index in [4.69, 9.17) is 16.3 Å². The fraction of sp³-hybridized carbons (Fsp3) is 0.118. The van der Waals surface area contributed by atoms with Crippen LogP contribution in [-0.2, 0) is 4.79 Å². The van der Waals surface area contributed by atoms with E-state index in [2.05, 4.69) is 15.5 Å². The summed E-state index contributed by atoms with van der Waals surface area (Å²) in [5, 5.41) is 11.3. The standard InChI is InChI=1S/C17H14ClN3O2S2/c1-11(23-13-6-4-5-12(18)9-13)16(22)20-14-7-2-3-8-15(14)25-17-21-19-10-24-17/h2-11H,1H3,(H,20,22). The zero-order valence-corrected chi connectivity index (χ0v) is 15.6. The molecule has 1 N–H and O–H groups in total. The average molecular weight is 392 g/mol. The van der Waals surface area contributed by atoms with Crippen LogP contribution in [0.4, 0.5) is 5.69 Å². The fourth-order valence-electron chi connectivity index (χ4n) is 1.99. The third-order valence-corrected chi connectivity index (χ3v) is 5.25. The molecule has 128 valence electrons. The van der Waals surface area contributed by atoms with Gasteiger partial charge in [0.05, 0.1) is 5.69 Å². The van der Waals surface area contributed by atoms with Gasteiger partial charge in [-0.1, -0.05) is 52.9 Å². The first-order valence-corrected chi connectivity index (χ1v) is 9.45. The van der Waals surface area contributed by atoms with Gasteiger partial charge in [0.2, 0.25) is 0 Å². The number of aromatic nitrogens is 2. The Morgan fingerprint density at radius 2 is 2.12 bits per heavy atom. The molecule has 1 atom stereocenters. The third-order valence-electron chi connectivity index (χ3n) is 3.16. The van der Waals surface area contributed by atoms with Crippen LogP contribution in [0.1, 0.15) is 6.92 Å². The van der Waals surface area contributed by atoms with Gasteiger partial charge >= 0.3 is 0 Å². The van der Waals surface area contributed by atoms with E-state index in [1.807, 2.05) is 24.3 Å². The van der Waals surface area contributed by atoms with E-state index in [1.54, 1.807) is 36.7 Å². The first-order valence-electron chi connectivity index (χ1n) is 7.38. The molecule has 0 fully saturated rings. The fourth-order valence-corrected chi connectivity index (χ4v) is 3.69. The summed E-state index contributed by atoms with van der Waals surface area (Å²) in [6, 6.07) is 14.5. The van der Waals surface area contributed by atoms with Gasteiger partial charge in [0, 0.05) is 9.92 Å². The molecule has 1 heterocycles. The lowest BCUT2D eigenvalue weighted by molar-refractivity contribution is -0.122. The number of benzene rings is 2. The molecule has 8 heteroatoms. The lowest BCUT2D eigenvalue weighted by atomic mass is 10.3. The maximum atomic E-state index is 12.5.